The number of rotatable bonds is 1. The highest BCUT2D eigenvalue weighted by molar-refractivity contribution is 5.90. The number of hydrogen-bond donors (Lipinski definition) is 2. The monoisotopic (exact) mass is 305 g/mol. The van der Waals surface area contributed by atoms with Gasteiger partial charge in [-0.15, -0.1) is 0 Å². The lowest BCUT2D eigenvalue weighted by Gasteiger charge is -2.21. The van der Waals surface area contributed by atoms with Gasteiger partial charge in [-0.05, 0) is 31.0 Å². The van der Waals surface area contributed by atoms with Crippen molar-refractivity contribution in [1.29, 1.82) is 0 Å². The van der Waals surface area contributed by atoms with Crippen molar-refractivity contribution in [3.63, 3.8) is 0 Å². The fourth-order valence-corrected chi connectivity index (χ4v) is 3.26. The Labute approximate surface area is 135 Å². The number of amides is 2. The van der Waals surface area contributed by atoms with E-state index in [0.717, 1.165) is 30.6 Å². The van der Waals surface area contributed by atoms with Gasteiger partial charge < -0.3 is 15.2 Å². The van der Waals surface area contributed by atoms with Crippen LogP contribution in [0, 0.1) is 0 Å². The Balaban J connectivity index is 1.60. The van der Waals surface area contributed by atoms with Gasteiger partial charge in [0.1, 0.15) is 0 Å². The molecule has 4 nitrogen and oxygen atoms in total. The average molecular weight is 305 g/mol. The molecule has 2 aromatic carbocycles. The van der Waals surface area contributed by atoms with Gasteiger partial charge in [0, 0.05) is 40.9 Å². The van der Waals surface area contributed by atoms with Crippen LogP contribution in [0.2, 0.25) is 0 Å². The number of nitrogens with zero attached hydrogens (tertiary/aromatic N) is 1. The number of para-hydroxylation sites is 2. The molecule has 2 heterocycles. The highest BCUT2D eigenvalue weighted by Crippen LogP contribution is 2.27. The van der Waals surface area contributed by atoms with E-state index in [9.17, 15) is 4.79 Å². The summed E-state index contributed by atoms with van der Waals surface area (Å²) in [7, 11) is 0. The third-order valence-corrected chi connectivity index (χ3v) is 4.42. The molecular weight excluding hydrogens is 286 g/mol. The van der Waals surface area contributed by atoms with Gasteiger partial charge in [-0.2, -0.15) is 0 Å². The van der Waals surface area contributed by atoms with Crippen molar-refractivity contribution in [1.82, 2.24) is 9.88 Å². The molecule has 23 heavy (non-hydrogen) atoms. The number of nitrogens with one attached hydrogen (secondary N) is 2. The van der Waals surface area contributed by atoms with Gasteiger partial charge in [0.15, 0.2) is 0 Å². The fraction of sp³-hybridized carbons (Fsp3) is 0.211. The predicted molar refractivity (Wildman–Crippen MR) is 92.5 cm³/mol. The highest BCUT2D eigenvalue weighted by Gasteiger charge is 2.22. The first-order chi connectivity index (χ1) is 11.3. The van der Waals surface area contributed by atoms with E-state index in [0.29, 0.717) is 6.54 Å². The summed E-state index contributed by atoms with van der Waals surface area (Å²) < 4.78 is 0. The van der Waals surface area contributed by atoms with Crippen LogP contribution in [0.4, 0.5) is 10.5 Å². The second-order valence-electron chi connectivity index (χ2n) is 5.95. The number of anilines is 1. The summed E-state index contributed by atoms with van der Waals surface area (Å²) in [5.41, 5.74) is 4.51. The molecule has 0 fully saturated rings. The summed E-state index contributed by atoms with van der Waals surface area (Å²) in [5.74, 6) is 0. The molecule has 0 saturated carbocycles. The number of aromatic amines is 1. The Morgan fingerprint density at radius 3 is 2.70 bits per heavy atom. The number of hydrogen-bond acceptors (Lipinski definition) is 1. The second kappa shape index (κ2) is 5.80. The number of fused-ring (bicyclic) bond motifs is 3. The Morgan fingerprint density at radius 2 is 1.83 bits per heavy atom. The van der Waals surface area contributed by atoms with Crippen LogP contribution in [0.3, 0.4) is 0 Å². The van der Waals surface area contributed by atoms with E-state index >= 15 is 0 Å². The second-order valence-corrected chi connectivity index (χ2v) is 5.95. The van der Waals surface area contributed by atoms with Crippen molar-refractivity contribution >= 4 is 22.6 Å². The van der Waals surface area contributed by atoms with Crippen LogP contribution in [-0.4, -0.2) is 22.5 Å². The Bertz CT molecular complexity index is 838. The number of H-pyrrole nitrogens is 1. The first-order valence-electron chi connectivity index (χ1n) is 8.01. The Kier molecular flexibility index (Phi) is 3.50. The van der Waals surface area contributed by atoms with E-state index in [4.69, 9.17) is 0 Å². The topological polar surface area (TPSA) is 48.1 Å². The van der Waals surface area contributed by atoms with Crippen molar-refractivity contribution in [2.45, 2.75) is 19.4 Å². The first-order valence-corrected chi connectivity index (χ1v) is 8.01. The van der Waals surface area contributed by atoms with Gasteiger partial charge in [0.2, 0.25) is 0 Å². The molecular formula is C19H19N3O. The smallest absolute Gasteiger partial charge is 0.322 e. The molecule has 2 N–H and O–H groups in total. The zero-order valence-electron chi connectivity index (χ0n) is 12.9. The van der Waals surface area contributed by atoms with Gasteiger partial charge in [0.25, 0.3) is 0 Å². The van der Waals surface area contributed by atoms with Crippen LogP contribution >= 0.6 is 0 Å². The van der Waals surface area contributed by atoms with Crippen LogP contribution < -0.4 is 5.32 Å². The zero-order chi connectivity index (χ0) is 15.6. The molecule has 0 bridgehead atoms. The number of benzene rings is 2. The van der Waals surface area contributed by atoms with Crippen molar-refractivity contribution in [3.05, 3.63) is 65.9 Å². The Morgan fingerprint density at radius 1 is 1.04 bits per heavy atom. The van der Waals surface area contributed by atoms with Gasteiger partial charge >= 0.3 is 6.03 Å². The minimum absolute atomic E-state index is 0.0330. The van der Waals surface area contributed by atoms with Crippen LogP contribution in [0.5, 0.6) is 0 Å². The van der Waals surface area contributed by atoms with Crippen LogP contribution in [-0.2, 0) is 13.0 Å². The maximum absolute atomic E-state index is 12.6. The van der Waals surface area contributed by atoms with Gasteiger partial charge in [-0.3, -0.25) is 0 Å². The average Bonchev–Trinajstić information content (AvgIpc) is 2.78. The molecule has 0 unspecified atom stereocenters. The molecule has 1 aliphatic heterocycles. The molecule has 1 aromatic heterocycles. The summed E-state index contributed by atoms with van der Waals surface area (Å²) in [6, 6.07) is 17.9. The highest BCUT2D eigenvalue weighted by atomic mass is 16.2. The molecule has 4 rings (SSSR count). The van der Waals surface area contributed by atoms with Crippen LogP contribution in [0.1, 0.15) is 17.7 Å². The summed E-state index contributed by atoms with van der Waals surface area (Å²) >= 11 is 0. The molecule has 0 aliphatic carbocycles. The largest absolute Gasteiger partial charge is 0.358 e. The zero-order valence-corrected chi connectivity index (χ0v) is 12.9. The number of aromatic nitrogens is 1. The van der Waals surface area contributed by atoms with Crippen molar-refractivity contribution in [2.24, 2.45) is 0 Å². The number of aryl methyl sites for hydroxylation is 1. The summed E-state index contributed by atoms with van der Waals surface area (Å²) in [6.45, 7) is 1.42. The minimum atomic E-state index is -0.0330. The maximum Gasteiger partial charge on any atom is 0.322 e. The summed E-state index contributed by atoms with van der Waals surface area (Å²) in [4.78, 5) is 18.0. The molecule has 116 valence electrons. The first kappa shape index (κ1) is 13.9. The van der Waals surface area contributed by atoms with Crippen molar-refractivity contribution in [3.8, 4) is 0 Å². The minimum Gasteiger partial charge on any atom is -0.358 e. The normalized spacial score (nSPS) is 14.3. The maximum atomic E-state index is 12.6. The van der Waals surface area contributed by atoms with Gasteiger partial charge in [-0.25, -0.2) is 4.79 Å². The van der Waals surface area contributed by atoms with E-state index in [1.165, 1.54) is 16.6 Å². The molecule has 0 spiro atoms. The Hall–Kier alpha value is -2.75. The number of urea groups is 1. The van der Waals surface area contributed by atoms with Crippen LogP contribution in [0.25, 0.3) is 10.9 Å². The molecule has 0 atom stereocenters. The quantitative estimate of drug-likeness (QED) is 0.697. The lowest BCUT2D eigenvalue weighted by molar-refractivity contribution is 0.210. The standard InChI is InChI=1S/C19H19N3O/c23-19(20-14-7-2-1-3-8-14)22-12-6-11-18-16(13-22)15-9-4-5-10-17(15)21-18/h1-5,7-10,21H,6,11-13H2,(H,20,23). The van der Waals surface area contributed by atoms with E-state index in [2.05, 4.69) is 28.5 Å². The lowest BCUT2D eigenvalue weighted by Crippen LogP contribution is -2.34. The van der Waals surface area contributed by atoms with Crippen LogP contribution in [0.15, 0.2) is 54.6 Å². The molecule has 2 amide bonds. The van der Waals surface area contributed by atoms with Crippen molar-refractivity contribution in [2.75, 3.05) is 11.9 Å². The summed E-state index contributed by atoms with van der Waals surface area (Å²) in [6.07, 6.45) is 1.96. The van der Waals surface area contributed by atoms with E-state index in [-0.39, 0.29) is 6.03 Å². The van der Waals surface area contributed by atoms with Crippen molar-refractivity contribution < 1.29 is 4.79 Å². The molecule has 4 heteroatoms. The number of carbonyl (C=O) groups is 1. The number of carbonyl (C=O) groups excluding carboxylic acids is 1. The SMILES string of the molecule is O=C(Nc1ccccc1)N1CCCc2[nH]c3ccccc3c2C1. The summed E-state index contributed by atoms with van der Waals surface area (Å²) in [5, 5.41) is 4.21. The third-order valence-electron chi connectivity index (χ3n) is 4.42. The molecule has 1 aliphatic rings. The van der Waals surface area contributed by atoms with E-state index in [1.807, 2.05) is 41.3 Å². The fourth-order valence-electron chi connectivity index (χ4n) is 3.26. The van der Waals surface area contributed by atoms with Gasteiger partial charge in [-0.1, -0.05) is 36.4 Å². The molecule has 3 aromatic rings. The predicted octanol–water partition coefficient (Wildman–Crippen LogP) is 4.15. The third kappa shape index (κ3) is 2.68. The molecule has 0 radical (unpaired) electrons. The van der Waals surface area contributed by atoms with E-state index < -0.39 is 0 Å². The lowest BCUT2D eigenvalue weighted by atomic mass is 10.1. The van der Waals surface area contributed by atoms with Gasteiger partial charge in [0.05, 0.1) is 0 Å². The molecule has 0 saturated heterocycles. The van der Waals surface area contributed by atoms with E-state index in [1.54, 1.807) is 0 Å².